The van der Waals surface area contributed by atoms with Crippen molar-refractivity contribution in [1.82, 2.24) is 0 Å². The molecule has 1 atom stereocenters. The number of ketones is 1. The van der Waals surface area contributed by atoms with Gasteiger partial charge in [0.2, 0.25) is 0 Å². The zero-order valence-electron chi connectivity index (χ0n) is 17.7. The summed E-state index contributed by atoms with van der Waals surface area (Å²) in [5.74, 6) is -4.62. The van der Waals surface area contributed by atoms with E-state index in [-0.39, 0.29) is 11.3 Å². The summed E-state index contributed by atoms with van der Waals surface area (Å²) in [4.78, 5) is 27.1. The van der Waals surface area contributed by atoms with Crippen LogP contribution in [0.15, 0.2) is 66.2 Å². The molecule has 1 N–H and O–H groups in total. The Morgan fingerprint density at radius 2 is 1.71 bits per heavy atom. The lowest BCUT2D eigenvalue weighted by Gasteiger charge is -2.25. The standard InChI is InChI=1S/C26H18F3NO4/c27-17-6-3-14(4-7-17)23-22(24(31)16-5-10-21-15(12-16)2-1-11-34-21)25(32)26(33)30(23)18-8-9-19(28)20(29)13-18/h3-10,12-13,23,31H,1-2,11H2/b24-22-. The SMILES string of the molecule is O=C1C(=O)N(c2ccc(F)c(F)c2)C(c2ccc(F)cc2)/C1=C(/O)c1ccc2c(c1)CCCO2. The molecule has 2 aliphatic rings. The highest BCUT2D eigenvalue weighted by atomic mass is 19.2. The van der Waals surface area contributed by atoms with Crippen LogP contribution in [0.5, 0.6) is 5.75 Å². The molecule has 0 saturated carbocycles. The van der Waals surface area contributed by atoms with Gasteiger partial charge < -0.3 is 9.84 Å². The van der Waals surface area contributed by atoms with E-state index >= 15 is 0 Å². The number of carbonyl (C=O) groups is 2. The van der Waals surface area contributed by atoms with Crippen LogP contribution in [0.3, 0.4) is 0 Å². The fourth-order valence-corrected chi connectivity index (χ4v) is 4.36. The summed E-state index contributed by atoms with van der Waals surface area (Å²) in [5, 5.41) is 11.2. The van der Waals surface area contributed by atoms with Crippen LogP contribution in [-0.4, -0.2) is 23.4 Å². The van der Waals surface area contributed by atoms with Crippen molar-refractivity contribution in [1.29, 1.82) is 0 Å². The highest BCUT2D eigenvalue weighted by Gasteiger charge is 2.47. The van der Waals surface area contributed by atoms with Gasteiger partial charge in [0.1, 0.15) is 17.3 Å². The van der Waals surface area contributed by atoms with Crippen LogP contribution in [0.25, 0.3) is 5.76 Å². The zero-order chi connectivity index (χ0) is 24.0. The number of anilines is 1. The van der Waals surface area contributed by atoms with E-state index in [2.05, 4.69) is 0 Å². The second kappa shape index (κ2) is 8.37. The number of benzene rings is 3. The lowest BCUT2D eigenvalue weighted by Crippen LogP contribution is -2.29. The van der Waals surface area contributed by atoms with E-state index in [1.807, 2.05) is 0 Å². The fraction of sp³-hybridized carbons (Fsp3) is 0.154. The lowest BCUT2D eigenvalue weighted by molar-refractivity contribution is -0.132. The first-order valence-corrected chi connectivity index (χ1v) is 10.6. The van der Waals surface area contributed by atoms with Crippen molar-refractivity contribution in [2.24, 2.45) is 0 Å². The molecule has 0 radical (unpaired) electrons. The van der Waals surface area contributed by atoms with Crippen LogP contribution in [0.4, 0.5) is 18.9 Å². The minimum absolute atomic E-state index is 0.0757. The van der Waals surface area contributed by atoms with Crippen LogP contribution in [0.2, 0.25) is 0 Å². The Morgan fingerprint density at radius 3 is 2.44 bits per heavy atom. The number of halogens is 3. The smallest absolute Gasteiger partial charge is 0.300 e. The van der Waals surface area contributed by atoms with E-state index in [4.69, 9.17) is 4.74 Å². The summed E-state index contributed by atoms with van der Waals surface area (Å²) in [7, 11) is 0. The Kier molecular flexibility index (Phi) is 5.36. The van der Waals surface area contributed by atoms with Crippen molar-refractivity contribution in [3.63, 3.8) is 0 Å². The van der Waals surface area contributed by atoms with Gasteiger partial charge in [-0.3, -0.25) is 14.5 Å². The monoisotopic (exact) mass is 465 g/mol. The summed E-state index contributed by atoms with van der Waals surface area (Å²) in [6.07, 6.45) is 1.52. The fourth-order valence-electron chi connectivity index (χ4n) is 4.36. The number of carbonyl (C=O) groups excluding carboxylic acids is 2. The van der Waals surface area contributed by atoms with Gasteiger partial charge in [-0.1, -0.05) is 12.1 Å². The summed E-state index contributed by atoms with van der Waals surface area (Å²) in [5.41, 5.74) is 1.16. The van der Waals surface area contributed by atoms with Crippen LogP contribution in [0.1, 0.15) is 29.2 Å². The number of fused-ring (bicyclic) bond motifs is 1. The van der Waals surface area contributed by atoms with Crippen molar-refractivity contribution < 1.29 is 32.6 Å². The molecule has 1 unspecified atom stereocenters. The molecule has 5 rings (SSSR count). The first kappa shape index (κ1) is 21.8. The number of hydrogen-bond acceptors (Lipinski definition) is 4. The number of rotatable bonds is 3. The molecule has 2 heterocycles. The van der Waals surface area contributed by atoms with E-state index in [1.54, 1.807) is 18.2 Å². The highest BCUT2D eigenvalue weighted by molar-refractivity contribution is 6.51. The van der Waals surface area contributed by atoms with Gasteiger partial charge >= 0.3 is 0 Å². The van der Waals surface area contributed by atoms with E-state index in [1.165, 1.54) is 12.1 Å². The zero-order valence-corrected chi connectivity index (χ0v) is 17.7. The summed E-state index contributed by atoms with van der Waals surface area (Å²) in [6, 6.07) is 11.6. The molecule has 1 saturated heterocycles. The molecule has 1 fully saturated rings. The number of nitrogens with zero attached hydrogens (tertiary/aromatic N) is 1. The average molecular weight is 465 g/mol. The highest BCUT2D eigenvalue weighted by Crippen LogP contribution is 2.43. The van der Waals surface area contributed by atoms with E-state index in [9.17, 15) is 27.9 Å². The second-order valence-corrected chi connectivity index (χ2v) is 8.09. The maximum atomic E-state index is 14.0. The van der Waals surface area contributed by atoms with Gasteiger partial charge in [-0.25, -0.2) is 13.2 Å². The van der Waals surface area contributed by atoms with E-state index in [0.717, 1.165) is 53.6 Å². The maximum absolute atomic E-state index is 14.0. The van der Waals surface area contributed by atoms with Crippen molar-refractivity contribution in [3.05, 3.63) is 100 Å². The Balaban J connectivity index is 1.70. The minimum atomic E-state index is -1.20. The number of Topliss-reactive ketones (excluding diaryl/α,β-unsaturated/α-hetero) is 1. The third-order valence-electron chi connectivity index (χ3n) is 5.99. The number of ether oxygens (including phenoxy) is 1. The van der Waals surface area contributed by atoms with Crippen molar-refractivity contribution in [2.75, 3.05) is 11.5 Å². The van der Waals surface area contributed by atoms with Gasteiger partial charge in [-0.15, -0.1) is 0 Å². The predicted molar refractivity (Wildman–Crippen MR) is 118 cm³/mol. The molecule has 0 aromatic heterocycles. The van der Waals surface area contributed by atoms with Crippen LogP contribution in [-0.2, 0) is 16.0 Å². The molecule has 0 bridgehead atoms. The summed E-state index contributed by atoms with van der Waals surface area (Å²) in [6.45, 7) is 0.586. The van der Waals surface area contributed by atoms with E-state index in [0.29, 0.717) is 23.5 Å². The topological polar surface area (TPSA) is 66.8 Å². The first-order chi connectivity index (χ1) is 16.3. The lowest BCUT2D eigenvalue weighted by atomic mass is 9.94. The molecule has 3 aromatic rings. The molecular formula is C26H18F3NO4. The molecule has 0 aliphatic carbocycles. The summed E-state index contributed by atoms with van der Waals surface area (Å²) < 4.78 is 46.7. The number of hydrogen-bond donors (Lipinski definition) is 1. The van der Waals surface area contributed by atoms with Crippen molar-refractivity contribution >= 4 is 23.1 Å². The largest absolute Gasteiger partial charge is 0.507 e. The Morgan fingerprint density at radius 1 is 0.941 bits per heavy atom. The second-order valence-electron chi connectivity index (χ2n) is 8.09. The number of aryl methyl sites for hydroxylation is 1. The van der Waals surface area contributed by atoms with Gasteiger partial charge in [0.15, 0.2) is 11.6 Å². The predicted octanol–water partition coefficient (Wildman–Crippen LogP) is 5.06. The summed E-state index contributed by atoms with van der Waals surface area (Å²) >= 11 is 0. The first-order valence-electron chi connectivity index (χ1n) is 10.6. The van der Waals surface area contributed by atoms with E-state index < -0.39 is 40.9 Å². The molecule has 3 aromatic carbocycles. The Hall–Kier alpha value is -4.07. The number of aliphatic hydroxyl groups is 1. The normalized spacial score (nSPS) is 19.1. The Bertz CT molecular complexity index is 1350. The molecular weight excluding hydrogens is 447 g/mol. The van der Waals surface area contributed by atoms with Gasteiger partial charge in [0.25, 0.3) is 11.7 Å². The molecule has 8 heteroatoms. The van der Waals surface area contributed by atoms with Crippen molar-refractivity contribution in [2.45, 2.75) is 18.9 Å². The van der Waals surface area contributed by atoms with Gasteiger partial charge in [0, 0.05) is 17.3 Å². The average Bonchev–Trinajstić information content (AvgIpc) is 3.11. The third-order valence-corrected chi connectivity index (χ3v) is 5.99. The third kappa shape index (κ3) is 3.61. The molecule has 34 heavy (non-hydrogen) atoms. The van der Waals surface area contributed by atoms with Gasteiger partial charge in [-0.2, -0.15) is 0 Å². The molecule has 2 aliphatic heterocycles. The van der Waals surface area contributed by atoms with Crippen LogP contribution >= 0.6 is 0 Å². The van der Waals surface area contributed by atoms with Gasteiger partial charge in [0.05, 0.1) is 18.2 Å². The molecule has 1 amide bonds. The minimum Gasteiger partial charge on any atom is -0.507 e. The van der Waals surface area contributed by atoms with Crippen LogP contribution in [0, 0.1) is 17.5 Å². The molecule has 172 valence electrons. The molecule has 0 spiro atoms. The Labute approximate surface area is 192 Å². The van der Waals surface area contributed by atoms with Gasteiger partial charge in [-0.05, 0) is 66.4 Å². The quantitative estimate of drug-likeness (QED) is 0.334. The molecule has 5 nitrogen and oxygen atoms in total. The van der Waals surface area contributed by atoms with Crippen molar-refractivity contribution in [3.8, 4) is 5.75 Å². The number of amides is 1. The maximum Gasteiger partial charge on any atom is 0.300 e. The van der Waals surface area contributed by atoms with Crippen LogP contribution < -0.4 is 9.64 Å². The number of aliphatic hydroxyl groups excluding tert-OH is 1.